The summed E-state index contributed by atoms with van der Waals surface area (Å²) in [4.78, 5) is 0. The van der Waals surface area contributed by atoms with Gasteiger partial charge in [-0.3, -0.25) is 4.68 Å². The Balaban J connectivity index is 2.01. The van der Waals surface area contributed by atoms with Crippen molar-refractivity contribution in [3.05, 3.63) is 18.0 Å². The summed E-state index contributed by atoms with van der Waals surface area (Å²) < 4.78 is 1.80. The van der Waals surface area contributed by atoms with Crippen LogP contribution in [-0.2, 0) is 13.5 Å². The van der Waals surface area contributed by atoms with E-state index < -0.39 is 0 Å². The molecule has 3 heteroatoms. The smallest absolute Gasteiger partial charge is 0.0650 e. The lowest BCUT2D eigenvalue weighted by Gasteiger charge is -2.41. The van der Waals surface area contributed by atoms with E-state index in [1.165, 1.54) is 19.3 Å². The highest BCUT2D eigenvalue weighted by molar-refractivity contribution is 5.02. The summed E-state index contributed by atoms with van der Waals surface area (Å²) in [6.07, 6.45) is 7.33. The summed E-state index contributed by atoms with van der Waals surface area (Å²) in [6, 6.07) is 2.00. The molecule has 1 heterocycles. The number of hydrogen-bond acceptors (Lipinski definition) is 2. The first kappa shape index (κ1) is 12.6. The predicted molar refractivity (Wildman–Crippen MR) is 68.7 cm³/mol. The molecular formula is C14H24N2O. The molecule has 0 radical (unpaired) electrons. The second-order valence-corrected chi connectivity index (χ2v) is 6.09. The molecule has 2 atom stereocenters. The van der Waals surface area contributed by atoms with Gasteiger partial charge in [-0.2, -0.15) is 5.10 Å². The van der Waals surface area contributed by atoms with Gasteiger partial charge in [-0.1, -0.05) is 26.7 Å². The number of hydrogen-bond donors (Lipinski definition) is 1. The molecule has 1 N–H and O–H groups in total. The fraction of sp³-hybridized carbons (Fsp3) is 0.786. The highest BCUT2D eigenvalue weighted by Crippen LogP contribution is 2.42. The summed E-state index contributed by atoms with van der Waals surface area (Å²) in [7, 11) is 1.92. The van der Waals surface area contributed by atoms with E-state index in [1.54, 1.807) is 4.68 Å². The Hall–Kier alpha value is -0.830. The fourth-order valence-electron chi connectivity index (χ4n) is 3.16. The lowest BCUT2D eigenvalue weighted by molar-refractivity contribution is 0.00526. The summed E-state index contributed by atoms with van der Waals surface area (Å²) in [5, 5.41) is 14.8. The zero-order valence-electron chi connectivity index (χ0n) is 11.2. The van der Waals surface area contributed by atoms with Crippen molar-refractivity contribution in [3.63, 3.8) is 0 Å². The second-order valence-electron chi connectivity index (χ2n) is 6.09. The third-order valence-corrected chi connectivity index (χ3v) is 4.24. The van der Waals surface area contributed by atoms with Gasteiger partial charge < -0.3 is 5.11 Å². The molecule has 0 aromatic carbocycles. The van der Waals surface area contributed by atoms with Crippen LogP contribution in [0.25, 0.3) is 0 Å². The fourth-order valence-corrected chi connectivity index (χ4v) is 3.16. The SMILES string of the molecule is Cn1ccc(CC(O)C2CCCCC2(C)C)n1. The van der Waals surface area contributed by atoms with E-state index in [4.69, 9.17) is 0 Å². The minimum atomic E-state index is -0.250. The van der Waals surface area contributed by atoms with Gasteiger partial charge in [0.15, 0.2) is 0 Å². The van der Waals surface area contributed by atoms with Gasteiger partial charge >= 0.3 is 0 Å². The van der Waals surface area contributed by atoms with E-state index in [1.807, 2.05) is 19.3 Å². The molecule has 1 aliphatic rings. The van der Waals surface area contributed by atoms with Crippen LogP contribution in [0.2, 0.25) is 0 Å². The molecular weight excluding hydrogens is 212 g/mol. The first-order chi connectivity index (χ1) is 7.99. The number of aliphatic hydroxyl groups excluding tert-OH is 1. The van der Waals surface area contributed by atoms with Crippen LogP contribution in [0, 0.1) is 11.3 Å². The highest BCUT2D eigenvalue weighted by atomic mass is 16.3. The summed E-state index contributed by atoms with van der Waals surface area (Å²) >= 11 is 0. The Bertz CT molecular complexity index is 370. The highest BCUT2D eigenvalue weighted by Gasteiger charge is 2.36. The quantitative estimate of drug-likeness (QED) is 0.875. The maximum atomic E-state index is 10.4. The van der Waals surface area contributed by atoms with Crippen molar-refractivity contribution in [3.8, 4) is 0 Å². The third kappa shape index (κ3) is 2.89. The van der Waals surface area contributed by atoms with Crippen molar-refractivity contribution in [1.82, 2.24) is 9.78 Å². The molecule has 96 valence electrons. The molecule has 0 amide bonds. The van der Waals surface area contributed by atoms with E-state index in [2.05, 4.69) is 18.9 Å². The molecule has 1 fully saturated rings. The molecule has 17 heavy (non-hydrogen) atoms. The van der Waals surface area contributed by atoms with Crippen molar-refractivity contribution in [2.24, 2.45) is 18.4 Å². The molecule has 2 rings (SSSR count). The van der Waals surface area contributed by atoms with Gasteiger partial charge in [-0.05, 0) is 30.2 Å². The van der Waals surface area contributed by atoms with Crippen LogP contribution in [0.4, 0.5) is 0 Å². The first-order valence-corrected chi connectivity index (χ1v) is 6.65. The zero-order valence-corrected chi connectivity index (χ0v) is 11.2. The van der Waals surface area contributed by atoms with E-state index in [9.17, 15) is 5.11 Å². The summed E-state index contributed by atoms with van der Waals surface area (Å²) in [5.74, 6) is 0.415. The van der Waals surface area contributed by atoms with Gasteiger partial charge in [0.1, 0.15) is 0 Å². The molecule has 2 unspecified atom stereocenters. The Morgan fingerprint density at radius 2 is 2.29 bits per heavy atom. The van der Waals surface area contributed by atoms with Crippen molar-refractivity contribution in [2.75, 3.05) is 0 Å². The minimum Gasteiger partial charge on any atom is -0.392 e. The Labute approximate surface area is 104 Å². The molecule has 1 aromatic heterocycles. The van der Waals surface area contributed by atoms with Gasteiger partial charge in [-0.15, -0.1) is 0 Å². The topological polar surface area (TPSA) is 38.0 Å². The van der Waals surface area contributed by atoms with Gasteiger partial charge in [0, 0.05) is 19.7 Å². The van der Waals surface area contributed by atoms with Gasteiger partial charge in [0.05, 0.1) is 11.8 Å². The van der Waals surface area contributed by atoms with Crippen LogP contribution in [0.5, 0.6) is 0 Å². The summed E-state index contributed by atoms with van der Waals surface area (Å²) in [6.45, 7) is 4.58. The summed E-state index contributed by atoms with van der Waals surface area (Å²) in [5.41, 5.74) is 1.27. The van der Waals surface area contributed by atoms with Crippen molar-refractivity contribution < 1.29 is 5.11 Å². The Morgan fingerprint density at radius 3 is 2.88 bits per heavy atom. The number of aryl methyl sites for hydroxylation is 1. The standard InChI is InChI=1S/C14H24N2O/c1-14(2)8-5-4-6-12(14)13(17)10-11-7-9-16(3)15-11/h7,9,12-13,17H,4-6,8,10H2,1-3H3. The van der Waals surface area contributed by atoms with Crippen molar-refractivity contribution >= 4 is 0 Å². The van der Waals surface area contributed by atoms with Gasteiger partial charge in [0.2, 0.25) is 0 Å². The minimum absolute atomic E-state index is 0.250. The van der Waals surface area contributed by atoms with Gasteiger partial charge in [-0.25, -0.2) is 0 Å². The molecule has 3 nitrogen and oxygen atoms in total. The van der Waals surface area contributed by atoms with E-state index in [-0.39, 0.29) is 11.5 Å². The molecule has 0 spiro atoms. The zero-order chi connectivity index (χ0) is 12.5. The van der Waals surface area contributed by atoms with E-state index >= 15 is 0 Å². The van der Waals surface area contributed by atoms with Crippen LogP contribution in [-0.4, -0.2) is 21.0 Å². The van der Waals surface area contributed by atoms with Crippen molar-refractivity contribution in [2.45, 2.75) is 52.1 Å². The maximum absolute atomic E-state index is 10.4. The number of aromatic nitrogens is 2. The lowest BCUT2D eigenvalue weighted by Crippen LogP contribution is -2.38. The van der Waals surface area contributed by atoms with Crippen LogP contribution < -0.4 is 0 Å². The predicted octanol–water partition coefficient (Wildman–Crippen LogP) is 2.54. The molecule has 0 bridgehead atoms. The normalized spacial score (nSPS) is 25.8. The molecule has 1 aliphatic carbocycles. The van der Waals surface area contributed by atoms with Crippen LogP contribution in [0.15, 0.2) is 12.3 Å². The lowest BCUT2D eigenvalue weighted by atomic mass is 9.66. The monoisotopic (exact) mass is 236 g/mol. The molecule has 1 aromatic rings. The Kier molecular flexibility index (Phi) is 3.57. The second kappa shape index (κ2) is 4.81. The van der Waals surface area contributed by atoms with E-state index in [0.717, 1.165) is 12.1 Å². The molecule has 0 saturated heterocycles. The Morgan fingerprint density at radius 1 is 1.53 bits per heavy atom. The van der Waals surface area contributed by atoms with Crippen molar-refractivity contribution in [1.29, 1.82) is 0 Å². The average molecular weight is 236 g/mol. The number of rotatable bonds is 3. The van der Waals surface area contributed by atoms with Crippen LogP contribution in [0.3, 0.4) is 0 Å². The van der Waals surface area contributed by atoms with Crippen LogP contribution in [0.1, 0.15) is 45.2 Å². The number of nitrogens with zero attached hydrogens (tertiary/aromatic N) is 2. The third-order valence-electron chi connectivity index (χ3n) is 4.24. The molecule has 0 aliphatic heterocycles. The average Bonchev–Trinajstić information content (AvgIpc) is 2.63. The molecule has 1 saturated carbocycles. The number of aliphatic hydroxyl groups is 1. The largest absolute Gasteiger partial charge is 0.392 e. The first-order valence-electron chi connectivity index (χ1n) is 6.65. The van der Waals surface area contributed by atoms with Gasteiger partial charge in [0.25, 0.3) is 0 Å². The maximum Gasteiger partial charge on any atom is 0.0650 e. The van der Waals surface area contributed by atoms with Crippen LogP contribution >= 0.6 is 0 Å². The van der Waals surface area contributed by atoms with E-state index in [0.29, 0.717) is 12.3 Å².